The van der Waals surface area contributed by atoms with Crippen molar-refractivity contribution in [2.24, 2.45) is 5.92 Å². The van der Waals surface area contributed by atoms with Crippen molar-refractivity contribution in [1.29, 1.82) is 0 Å². The average molecular weight is 355 g/mol. The molecule has 0 aliphatic heterocycles. The maximum absolute atomic E-state index is 8.89. The van der Waals surface area contributed by atoms with Gasteiger partial charge in [-0.2, -0.15) is 0 Å². The Kier molecular flexibility index (Phi) is 22.0. The molecular weight excluding hydrogens is 304 g/mol. The van der Waals surface area contributed by atoms with Crippen molar-refractivity contribution in [2.45, 2.75) is 142 Å². The van der Waals surface area contributed by atoms with E-state index >= 15 is 0 Å². The van der Waals surface area contributed by atoms with Crippen LogP contribution in [-0.2, 0) is 0 Å². The molecule has 0 saturated carbocycles. The van der Waals surface area contributed by atoms with Gasteiger partial charge < -0.3 is 5.11 Å². The van der Waals surface area contributed by atoms with Crippen LogP contribution in [0.25, 0.3) is 0 Å². The van der Waals surface area contributed by atoms with Crippen molar-refractivity contribution in [3.05, 3.63) is 0 Å². The molecule has 0 unspecified atom stereocenters. The van der Waals surface area contributed by atoms with Gasteiger partial charge in [-0.1, -0.05) is 136 Å². The predicted molar refractivity (Wildman–Crippen MR) is 114 cm³/mol. The van der Waals surface area contributed by atoms with Crippen LogP contribution in [0.5, 0.6) is 0 Å². The molecule has 0 aliphatic rings. The van der Waals surface area contributed by atoms with E-state index in [0.717, 1.165) is 6.42 Å². The molecule has 152 valence electrons. The number of hydrogen-bond acceptors (Lipinski definition) is 1. The smallest absolute Gasteiger partial charge is 0.0433 e. The first-order chi connectivity index (χ1) is 12.3. The number of hydrogen-bond donors (Lipinski definition) is 1. The van der Waals surface area contributed by atoms with Gasteiger partial charge in [0.1, 0.15) is 0 Å². The van der Waals surface area contributed by atoms with E-state index in [-0.39, 0.29) is 0 Å². The molecule has 0 aromatic rings. The summed E-state index contributed by atoms with van der Waals surface area (Å²) in [5, 5.41) is 8.89. The zero-order chi connectivity index (χ0) is 18.4. The third kappa shape index (κ3) is 21.9. The van der Waals surface area contributed by atoms with Crippen LogP contribution in [0.3, 0.4) is 0 Å². The molecule has 0 bridgehead atoms. The van der Waals surface area contributed by atoms with Crippen LogP contribution in [0.4, 0.5) is 0 Å². The second-order valence-electron chi connectivity index (χ2n) is 8.42. The highest BCUT2D eigenvalue weighted by atomic mass is 16.3. The van der Waals surface area contributed by atoms with Gasteiger partial charge in [0.2, 0.25) is 0 Å². The van der Waals surface area contributed by atoms with Crippen LogP contribution in [0.1, 0.15) is 142 Å². The molecule has 0 heterocycles. The lowest BCUT2D eigenvalue weighted by Crippen LogP contribution is -1.97. The van der Waals surface area contributed by atoms with Crippen molar-refractivity contribution >= 4 is 0 Å². The van der Waals surface area contributed by atoms with Crippen LogP contribution < -0.4 is 0 Å². The van der Waals surface area contributed by atoms with E-state index in [4.69, 9.17) is 5.11 Å². The van der Waals surface area contributed by atoms with Crippen molar-refractivity contribution in [1.82, 2.24) is 0 Å². The Hall–Kier alpha value is -0.0400. The summed E-state index contributed by atoms with van der Waals surface area (Å²) in [7, 11) is 0. The third-order valence-electron chi connectivity index (χ3n) is 5.67. The average Bonchev–Trinajstić information content (AvgIpc) is 2.61. The fourth-order valence-corrected chi connectivity index (χ4v) is 3.76. The molecule has 1 nitrogen and oxygen atoms in total. The molecule has 1 atom stereocenters. The van der Waals surface area contributed by atoms with Crippen LogP contribution >= 0.6 is 0 Å². The van der Waals surface area contributed by atoms with E-state index in [9.17, 15) is 0 Å². The minimum Gasteiger partial charge on any atom is -0.396 e. The van der Waals surface area contributed by atoms with Crippen molar-refractivity contribution in [3.8, 4) is 0 Å². The Morgan fingerprint density at radius 3 is 1.12 bits per heavy atom. The van der Waals surface area contributed by atoms with Crippen molar-refractivity contribution in [3.63, 3.8) is 0 Å². The Bertz CT molecular complexity index is 226. The largest absolute Gasteiger partial charge is 0.396 e. The van der Waals surface area contributed by atoms with E-state index in [1.54, 1.807) is 0 Å². The molecule has 0 radical (unpaired) electrons. The van der Waals surface area contributed by atoms with Crippen LogP contribution in [0, 0.1) is 5.92 Å². The lowest BCUT2D eigenvalue weighted by atomic mass is 9.99. The molecule has 0 aromatic heterocycles. The number of unbranched alkanes of at least 4 members (excludes halogenated alkanes) is 17. The minimum atomic E-state index is 0.361. The SMILES string of the molecule is CCCCCCCCCCCCCCCCCCCC[C@H](C)CCO. The fraction of sp³-hybridized carbons (Fsp3) is 1.00. The van der Waals surface area contributed by atoms with Gasteiger partial charge in [-0.15, -0.1) is 0 Å². The Morgan fingerprint density at radius 1 is 0.480 bits per heavy atom. The molecule has 0 fully saturated rings. The zero-order valence-electron chi connectivity index (χ0n) is 17.9. The van der Waals surface area contributed by atoms with Gasteiger partial charge in [-0.3, -0.25) is 0 Å². The quantitative estimate of drug-likeness (QED) is 0.205. The number of rotatable bonds is 21. The first-order valence-corrected chi connectivity index (χ1v) is 11.9. The minimum absolute atomic E-state index is 0.361. The van der Waals surface area contributed by atoms with Crippen LogP contribution in [0.15, 0.2) is 0 Å². The van der Waals surface area contributed by atoms with E-state index in [2.05, 4.69) is 13.8 Å². The predicted octanol–water partition coefficient (Wildman–Crippen LogP) is 8.44. The molecule has 0 aliphatic carbocycles. The zero-order valence-corrected chi connectivity index (χ0v) is 17.9. The van der Waals surface area contributed by atoms with Gasteiger partial charge in [-0.25, -0.2) is 0 Å². The third-order valence-corrected chi connectivity index (χ3v) is 5.67. The monoisotopic (exact) mass is 354 g/mol. The Morgan fingerprint density at radius 2 is 0.800 bits per heavy atom. The van der Waals surface area contributed by atoms with Gasteiger partial charge in [0.05, 0.1) is 0 Å². The standard InChI is InChI=1S/C24H50O/c1-3-4-5-6-7-8-9-10-11-12-13-14-15-16-17-18-19-20-21-24(2)22-23-25/h24-25H,3-23H2,1-2H3/t24-/m0/s1. The molecule has 0 rings (SSSR count). The van der Waals surface area contributed by atoms with Crippen molar-refractivity contribution < 1.29 is 5.11 Å². The molecule has 0 saturated heterocycles. The lowest BCUT2D eigenvalue weighted by Gasteiger charge is -2.08. The summed E-state index contributed by atoms with van der Waals surface area (Å²) in [5.74, 6) is 0.714. The van der Waals surface area contributed by atoms with E-state index < -0.39 is 0 Å². The van der Waals surface area contributed by atoms with E-state index in [0.29, 0.717) is 12.5 Å². The highest BCUT2D eigenvalue weighted by Crippen LogP contribution is 2.16. The van der Waals surface area contributed by atoms with E-state index in [1.807, 2.05) is 0 Å². The maximum atomic E-state index is 8.89. The summed E-state index contributed by atoms with van der Waals surface area (Å²) in [6.07, 6.45) is 28.3. The molecule has 1 heteroatoms. The topological polar surface area (TPSA) is 20.2 Å². The summed E-state index contributed by atoms with van der Waals surface area (Å²) in [4.78, 5) is 0. The van der Waals surface area contributed by atoms with Crippen LogP contribution in [-0.4, -0.2) is 11.7 Å². The van der Waals surface area contributed by atoms with Gasteiger partial charge in [0.25, 0.3) is 0 Å². The van der Waals surface area contributed by atoms with Crippen molar-refractivity contribution in [2.75, 3.05) is 6.61 Å². The molecular formula is C24H50O. The normalized spacial score (nSPS) is 12.6. The molecule has 25 heavy (non-hydrogen) atoms. The summed E-state index contributed by atoms with van der Waals surface area (Å²) in [6.45, 7) is 4.92. The fourth-order valence-electron chi connectivity index (χ4n) is 3.76. The van der Waals surface area contributed by atoms with E-state index in [1.165, 1.54) is 122 Å². The molecule has 1 N–H and O–H groups in total. The summed E-state index contributed by atoms with van der Waals surface area (Å²) in [5.41, 5.74) is 0. The maximum Gasteiger partial charge on any atom is 0.0433 e. The molecule has 0 aromatic carbocycles. The Labute approximate surface area is 160 Å². The van der Waals surface area contributed by atoms with Crippen LogP contribution in [0.2, 0.25) is 0 Å². The number of aliphatic hydroxyl groups is 1. The van der Waals surface area contributed by atoms with Gasteiger partial charge in [-0.05, 0) is 12.3 Å². The number of aliphatic hydroxyl groups excluding tert-OH is 1. The van der Waals surface area contributed by atoms with Gasteiger partial charge >= 0.3 is 0 Å². The summed E-state index contributed by atoms with van der Waals surface area (Å²) >= 11 is 0. The first-order valence-electron chi connectivity index (χ1n) is 11.9. The van der Waals surface area contributed by atoms with Gasteiger partial charge in [0.15, 0.2) is 0 Å². The summed E-state index contributed by atoms with van der Waals surface area (Å²) < 4.78 is 0. The molecule has 0 spiro atoms. The lowest BCUT2D eigenvalue weighted by molar-refractivity contribution is 0.256. The second kappa shape index (κ2) is 22.0. The second-order valence-corrected chi connectivity index (χ2v) is 8.42. The Balaban J connectivity index is 3.00. The summed E-state index contributed by atoms with van der Waals surface area (Å²) in [6, 6.07) is 0. The highest BCUT2D eigenvalue weighted by Gasteiger charge is 2.00. The van der Waals surface area contributed by atoms with Gasteiger partial charge in [0, 0.05) is 6.61 Å². The highest BCUT2D eigenvalue weighted by molar-refractivity contribution is 4.54. The first kappa shape index (κ1) is 25.0. The molecule has 0 amide bonds.